The van der Waals surface area contributed by atoms with Gasteiger partial charge in [-0.2, -0.15) is 0 Å². The van der Waals surface area contributed by atoms with Gasteiger partial charge < -0.3 is 5.32 Å². The molecule has 3 rings (SSSR count). The van der Waals surface area contributed by atoms with Crippen molar-refractivity contribution in [3.63, 3.8) is 0 Å². The number of hydrogen-bond donors (Lipinski definition) is 3. The van der Waals surface area contributed by atoms with Crippen LogP contribution in [0.15, 0.2) is 83.8 Å². The zero-order valence-corrected chi connectivity index (χ0v) is 16.4. The second-order valence-corrected chi connectivity index (χ2v) is 7.89. The van der Waals surface area contributed by atoms with Gasteiger partial charge in [0.25, 0.3) is 15.9 Å². The van der Waals surface area contributed by atoms with Crippen molar-refractivity contribution in [1.29, 1.82) is 0 Å². The Balaban J connectivity index is 1.64. The van der Waals surface area contributed by atoms with E-state index in [9.17, 15) is 18.0 Å². The molecule has 0 aliphatic carbocycles. The molecule has 29 heavy (non-hydrogen) atoms. The van der Waals surface area contributed by atoms with Crippen molar-refractivity contribution in [1.82, 2.24) is 10.3 Å². The molecule has 0 unspecified atom stereocenters. The predicted octanol–water partition coefficient (Wildman–Crippen LogP) is 2.94. The number of sulfonamides is 1. The molecule has 148 valence electrons. The molecule has 0 saturated carbocycles. The Morgan fingerprint density at radius 3 is 1.93 bits per heavy atom. The minimum absolute atomic E-state index is 0.0497. The fourth-order valence-electron chi connectivity index (χ4n) is 2.61. The molecular formula is C21H19N3O4S. The van der Waals surface area contributed by atoms with Crippen LogP contribution in [-0.4, -0.2) is 20.2 Å². The number of hydrazine groups is 1. The third kappa shape index (κ3) is 5.28. The van der Waals surface area contributed by atoms with Gasteiger partial charge in [0.05, 0.1) is 4.90 Å². The van der Waals surface area contributed by atoms with Crippen LogP contribution in [0.3, 0.4) is 0 Å². The molecule has 3 aromatic rings. The molecule has 0 saturated heterocycles. The van der Waals surface area contributed by atoms with Gasteiger partial charge in [0, 0.05) is 18.2 Å². The number of hydrogen-bond acceptors (Lipinski definition) is 4. The summed E-state index contributed by atoms with van der Waals surface area (Å²) in [5, 5.41) is 2.55. The molecule has 0 atom stereocenters. The lowest BCUT2D eigenvalue weighted by atomic mass is 10.0. The lowest BCUT2D eigenvalue weighted by molar-refractivity contribution is -0.114. The standard InChI is InChI=1S/C21H19N3O4S/c1-15(25)22-19-11-13-20(14-12-19)29(27,28)24-23-21(26)18-9-7-17(8-10-18)16-5-3-2-4-6-16/h2-14,24H,1H3,(H,22,25)(H,23,26). The highest BCUT2D eigenvalue weighted by atomic mass is 32.2. The average Bonchev–Trinajstić information content (AvgIpc) is 2.73. The Bertz CT molecular complexity index is 1110. The summed E-state index contributed by atoms with van der Waals surface area (Å²) >= 11 is 0. The third-order valence-electron chi connectivity index (χ3n) is 4.04. The van der Waals surface area contributed by atoms with Crippen molar-refractivity contribution in [2.75, 3.05) is 5.32 Å². The number of rotatable bonds is 6. The highest BCUT2D eigenvalue weighted by molar-refractivity contribution is 7.89. The Labute approximate surface area is 168 Å². The van der Waals surface area contributed by atoms with Crippen molar-refractivity contribution < 1.29 is 18.0 Å². The molecule has 0 aliphatic rings. The van der Waals surface area contributed by atoms with E-state index in [-0.39, 0.29) is 10.8 Å². The van der Waals surface area contributed by atoms with Crippen LogP contribution in [0, 0.1) is 0 Å². The fourth-order valence-corrected chi connectivity index (χ4v) is 3.45. The molecule has 3 aromatic carbocycles. The van der Waals surface area contributed by atoms with Crippen LogP contribution in [0.4, 0.5) is 5.69 Å². The smallest absolute Gasteiger partial charge is 0.266 e. The topological polar surface area (TPSA) is 104 Å². The second-order valence-electron chi connectivity index (χ2n) is 6.21. The van der Waals surface area contributed by atoms with Crippen LogP contribution >= 0.6 is 0 Å². The lowest BCUT2D eigenvalue weighted by Crippen LogP contribution is -2.41. The van der Waals surface area contributed by atoms with Gasteiger partial charge in [-0.15, -0.1) is 4.83 Å². The molecule has 0 heterocycles. The normalized spacial score (nSPS) is 10.9. The monoisotopic (exact) mass is 409 g/mol. The van der Waals surface area contributed by atoms with E-state index in [1.165, 1.54) is 31.2 Å². The van der Waals surface area contributed by atoms with Crippen LogP contribution in [0.2, 0.25) is 0 Å². The number of carbonyl (C=O) groups excluding carboxylic acids is 2. The van der Waals surface area contributed by atoms with Gasteiger partial charge >= 0.3 is 0 Å². The summed E-state index contributed by atoms with van der Waals surface area (Å²) in [6.45, 7) is 1.36. The summed E-state index contributed by atoms with van der Waals surface area (Å²) in [6.07, 6.45) is 0. The first-order valence-corrected chi connectivity index (χ1v) is 10.2. The zero-order chi connectivity index (χ0) is 20.9. The van der Waals surface area contributed by atoms with Gasteiger partial charge in [0.2, 0.25) is 5.91 Å². The molecular weight excluding hydrogens is 390 g/mol. The number of amides is 2. The molecule has 2 amide bonds. The molecule has 7 nitrogen and oxygen atoms in total. The van der Waals surface area contributed by atoms with E-state index >= 15 is 0 Å². The van der Waals surface area contributed by atoms with Crippen LogP contribution < -0.4 is 15.6 Å². The predicted molar refractivity (Wildman–Crippen MR) is 110 cm³/mol. The van der Waals surface area contributed by atoms with Gasteiger partial charge in [-0.05, 0) is 47.5 Å². The molecule has 0 fully saturated rings. The van der Waals surface area contributed by atoms with Crippen molar-refractivity contribution in [3.05, 3.63) is 84.4 Å². The number of benzene rings is 3. The maximum absolute atomic E-state index is 12.3. The highest BCUT2D eigenvalue weighted by Crippen LogP contribution is 2.19. The van der Waals surface area contributed by atoms with Crippen LogP contribution in [0.1, 0.15) is 17.3 Å². The lowest BCUT2D eigenvalue weighted by Gasteiger charge is -2.10. The fraction of sp³-hybridized carbons (Fsp3) is 0.0476. The van der Waals surface area contributed by atoms with Gasteiger partial charge in [0.1, 0.15) is 0 Å². The average molecular weight is 409 g/mol. The van der Waals surface area contributed by atoms with Crippen molar-refractivity contribution in [2.45, 2.75) is 11.8 Å². The summed E-state index contributed by atoms with van der Waals surface area (Å²) < 4.78 is 24.7. The molecule has 8 heteroatoms. The van der Waals surface area contributed by atoms with Gasteiger partial charge in [-0.1, -0.05) is 42.5 Å². The van der Waals surface area contributed by atoms with Crippen molar-refractivity contribution >= 4 is 27.5 Å². The SMILES string of the molecule is CC(=O)Nc1ccc(S(=O)(=O)NNC(=O)c2ccc(-c3ccccc3)cc2)cc1. The van der Waals surface area contributed by atoms with E-state index in [1.807, 2.05) is 30.3 Å². The Kier molecular flexibility index (Phi) is 6.06. The second kappa shape index (κ2) is 8.68. The van der Waals surface area contributed by atoms with Gasteiger partial charge in [0.15, 0.2) is 0 Å². The highest BCUT2D eigenvalue weighted by Gasteiger charge is 2.16. The first-order valence-electron chi connectivity index (χ1n) is 8.70. The molecule has 0 radical (unpaired) electrons. The summed E-state index contributed by atoms with van der Waals surface area (Å²) in [6, 6.07) is 22.1. The van der Waals surface area contributed by atoms with Gasteiger partial charge in [-0.3, -0.25) is 15.0 Å². The Morgan fingerprint density at radius 1 is 0.759 bits per heavy atom. The van der Waals surface area contributed by atoms with E-state index in [0.717, 1.165) is 11.1 Å². The molecule has 0 bridgehead atoms. The third-order valence-corrected chi connectivity index (χ3v) is 5.30. The molecule has 3 N–H and O–H groups in total. The van der Waals surface area contributed by atoms with Crippen molar-refractivity contribution in [3.8, 4) is 11.1 Å². The number of anilines is 1. The summed E-state index contributed by atoms with van der Waals surface area (Å²) in [7, 11) is -3.95. The summed E-state index contributed by atoms with van der Waals surface area (Å²) in [4.78, 5) is 25.3. The minimum atomic E-state index is -3.95. The first kappa shape index (κ1) is 20.2. The maximum atomic E-state index is 12.3. The Hall–Kier alpha value is -3.49. The quantitative estimate of drug-likeness (QED) is 0.545. The van der Waals surface area contributed by atoms with Crippen LogP contribution in [-0.2, 0) is 14.8 Å². The largest absolute Gasteiger partial charge is 0.326 e. The first-order chi connectivity index (χ1) is 13.8. The van der Waals surface area contributed by atoms with E-state index in [2.05, 4.69) is 15.6 Å². The van der Waals surface area contributed by atoms with Crippen LogP contribution in [0.25, 0.3) is 11.1 Å². The van der Waals surface area contributed by atoms with E-state index < -0.39 is 15.9 Å². The number of carbonyl (C=O) groups is 2. The van der Waals surface area contributed by atoms with E-state index in [1.54, 1.807) is 24.3 Å². The molecule has 0 spiro atoms. The van der Waals surface area contributed by atoms with Crippen LogP contribution in [0.5, 0.6) is 0 Å². The molecule has 0 aliphatic heterocycles. The minimum Gasteiger partial charge on any atom is -0.326 e. The molecule has 0 aromatic heterocycles. The zero-order valence-electron chi connectivity index (χ0n) is 15.5. The van der Waals surface area contributed by atoms with E-state index in [4.69, 9.17) is 0 Å². The number of nitrogens with one attached hydrogen (secondary N) is 3. The Morgan fingerprint density at radius 2 is 1.34 bits per heavy atom. The van der Waals surface area contributed by atoms with Crippen molar-refractivity contribution in [2.24, 2.45) is 0 Å². The van der Waals surface area contributed by atoms with E-state index in [0.29, 0.717) is 11.3 Å². The summed E-state index contributed by atoms with van der Waals surface area (Å²) in [5.41, 5.74) is 4.94. The maximum Gasteiger partial charge on any atom is 0.266 e. The van der Waals surface area contributed by atoms with Gasteiger partial charge in [-0.25, -0.2) is 8.42 Å². The summed E-state index contributed by atoms with van der Waals surface area (Å²) in [5.74, 6) is -0.840.